The number of anilines is 1. The van der Waals surface area contributed by atoms with Gasteiger partial charge in [0, 0.05) is 11.3 Å². The van der Waals surface area contributed by atoms with E-state index in [0.717, 1.165) is 5.56 Å². The Morgan fingerprint density at radius 2 is 1.59 bits per heavy atom. The van der Waals surface area contributed by atoms with Crippen LogP contribution in [0.15, 0.2) is 64.9 Å². The number of hydrazine groups is 1. The van der Waals surface area contributed by atoms with Crippen LogP contribution in [0.2, 0.25) is 0 Å². The van der Waals surface area contributed by atoms with Crippen molar-refractivity contribution in [3.8, 4) is 0 Å². The quantitative estimate of drug-likeness (QED) is 0.542. The van der Waals surface area contributed by atoms with Crippen LogP contribution in [0.1, 0.15) is 31.2 Å². The Bertz CT molecular complexity index is 1140. The van der Waals surface area contributed by atoms with Crippen LogP contribution in [0.25, 0.3) is 0 Å². The van der Waals surface area contributed by atoms with Gasteiger partial charge in [-0.1, -0.05) is 18.2 Å². The third kappa shape index (κ3) is 5.01. The van der Waals surface area contributed by atoms with Crippen molar-refractivity contribution in [3.63, 3.8) is 0 Å². The molecule has 0 spiro atoms. The molecule has 3 N–H and O–H groups in total. The molecule has 0 aliphatic heterocycles. The Balaban J connectivity index is 1.66. The average molecular weight is 430 g/mol. The predicted octanol–water partition coefficient (Wildman–Crippen LogP) is 3.24. The molecule has 0 aliphatic carbocycles. The van der Waals surface area contributed by atoms with Gasteiger partial charge in [0.05, 0.1) is 9.77 Å². The van der Waals surface area contributed by atoms with Crippen LogP contribution >= 0.6 is 11.3 Å². The highest BCUT2D eigenvalue weighted by molar-refractivity contribution is 7.92. The van der Waals surface area contributed by atoms with Gasteiger partial charge in [0.1, 0.15) is 0 Å². The molecule has 2 amide bonds. The number of sulfonamides is 1. The number of carbonyl (C=O) groups is 2. The van der Waals surface area contributed by atoms with Crippen molar-refractivity contribution in [2.75, 3.05) is 4.72 Å². The Morgan fingerprint density at radius 3 is 2.24 bits per heavy atom. The zero-order valence-corrected chi connectivity index (χ0v) is 17.4. The maximum absolute atomic E-state index is 12.6. The molecule has 0 saturated carbocycles. The fourth-order valence-corrected chi connectivity index (χ4v) is 4.56. The van der Waals surface area contributed by atoms with Gasteiger partial charge in [0.2, 0.25) is 0 Å². The highest BCUT2D eigenvalue weighted by atomic mass is 32.2. The van der Waals surface area contributed by atoms with E-state index in [1.54, 1.807) is 36.6 Å². The summed E-state index contributed by atoms with van der Waals surface area (Å²) in [5, 5.41) is 1.76. The van der Waals surface area contributed by atoms with E-state index in [9.17, 15) is 18.0 Å². The van der Waals surface area contributed by atoms with Crippen LogP contribution < -0.4 is 15.6 Å². The molecule has 0 bridgehead atoms. The van der Waals surface area contributed by atoms with E-state index in [1.165, 1.54) is 35.6 Å². The summed E-state index contributed by atoms with van der Waals surface area (Å²) in [6, 6.07) is 14.5. The summed E-state index contributed by atoms with van der Waals surface area (Å²) in [4.78, 5) is 24.7. The standard InChI is InChI=1S/C20H19N3O4S2/c1-13-5-6-14(2)18(12-13)29(26,27)23-16-9-7-15(8-10-16)19(24)21-22-20(25)17-4-3-11-28-17/h3-12,23H,1-2H3,(H,21,24)(H,22,25). The Labute approximate surface area is 172 Å². The normalized spacial score (nSPS) is 11.0. The number of hydrogen-bond acceptors (Lipinski definition) is 5. The zero-order chi connectivity index (χ0) is 21.0. The number of carbonyl (C=O) groups excluding carboxylic acids is 2. The smallest absolute Gasteiger partial charge is 0.279 e. The van der Waals surface area contributed by atoms with E-state index >= 15 is 0 Å². The molecule has 0 unspecified atom stereocenters. The molecule has 0 aliphatic rings. The summed E-state index contributed by atoms with van der Waals surface area (Å²) < 4.78 is 27.8. The lowest BCUT2D eigenvalue weighted by Gasteiger charge is -2.12. The van der Waals surface area contributed by atoms with Crippen molar-refractivity contribution in [1.29, 1.82) is 0 Å². The van der Waals surface area contributed by atoms with Crippen molar-refractivity contribution in [2.45, 2.75) is 18.7 Å². The second-order valence-corrected chi connectivity index (χ2v) is 8.94. The lowest BCUT2D eigenvalue weighted by Crippen LogP contribution is -2.41. The molecular weight excluding hydrogens is 410 g/mol. The van der Waals surface area contributed by atoms with Gasteiger partial charge in [-0.25, -0.2) is 8.42 Å². The highest BCUT2D eigenvalue weighted by Gasteiger charge is 2.17. The number of benzene rings is 2. The zero-order valence-electron chi connectivity index (χ0n) is 15.7. The van der Waals surface area contributed by atoms with Gasteiger partial charge in [-0.2, -0.15) is 0 Å². The van der Waals surface area contributed by atoms with Crippen molar-refractivity contribution in [2.24, 2.45) is 0 Å². The second-order valence-electron chi connectivity index (χ2n) is 6.34. The van der Waals surface area contributed by atoms with Crippen LogP contribution in [-0.4, -0.2) is 20.2 Å². The molecule has 9 heteroatoms. The molecule has 7 nitrogen and oxygen atoms in total. The fourth-order valence-electron chi connectivity index (χ4n) is 2.55. The molecule has 0 radical (unpaired) electrons. The van der Waals surface area contributed by atoms with Crippen molar-refractivity contribution in [1.82, 2.24) is 10.9 Å². The van der Waals surface area contributed by atoms with Crippen LogP contribution in [-0.2, 0) is 10.0 Å². The predicted molar refractivity (Wildman–Crippen MR) is 112 cm³/mol. The summed E-state index contributed by atoms with van der Waals surface area (Å²) in [7, 11) is -3.75. The molecule has 0 saturated heterocycles. The van der Waals surface area contributed by atoms with E-state index in [0.29, 0.717) is 16.1 Å². The Morgan fingerprint density at radius 1 is 0.897 bits per heavy atom. The molecule has 3 rings (SSSR count). The lowest BCUT2D eigenvalue weighted by atomic mass is 10.2. The van der Waals surface area contributed by atoms with Gasteiger partial charge in [-0.05, 0) is 66.8 Å². The first kappa shape index (κ1) is 20.6. The van der Waals surface area contributed by atoms with Gasteiger partial charge in [0.25, 0.3) is 21.8 Å². The number of hydrogen-bond donors (Lipinski definition) is 3. The SMILES string of the molecule is Cc1ccc(C)c(S(=O)(=O)Nc2ccc(C(=O)NNC(=O)c3cccs3)cc2)c1. The summed E-state index contributed by atoms with van der Waals surface area (Å²) in [5.41, 5.74) is 6.73. The molecule has 1 heterocycles. The second kappa shape index (κ2) is 8.46. The Hall–Kier alpha value is -3.17. The number of amides is 2. The number of rotatable bonds is 5. The van der Waals surface area contributed by atoms with E-state index in [1.807, 2.05) is 13.0 Å². The molecule has 29 heavy (non-hydrogen) atoms. The van der Waals surface area contributed by atoms with Crippen LogP contribution in [0.5, 0.6) is 0 Å². The topological polar surface area (TPSA) is 104 Å². The monoisotopic (exact) mass is 429 g/mol. The third-order valence-electron chi connectivity index (χ3n) is 4.07. The van der Waals surface area contributed by atoms with E-state index in [2.05, 4.69) is 15.6 Å². The first-order valence-electron chi connectivity index (χ1n) is 8.60. The minimum atomic E-state index is -3.75. The first-order valence-corrected chi connectivity index (χ1v) is 11.0. The van der Waals surface area contributed by atoms with Gasteiger partial charge < -0.3 is 0 Å². The minimum Gasteiger partial charge on any atom is -0.280 e. The Kier molecular flexibility index (Phi) is 6.00. The van der Waals surface area contributed by atoms with E-state index in [-0.39, 0.29) is 10.5 Å². The third-order valence-corrected chi connectivity index (χ3v) is 6.46. The molecule has 0 fully saturated rings. The summed E-state index contributed by atoms with van der Waals surface area (Å²) >= 11 is 1.26. The van der Waals surface area contributed by atoms with Gasteiger partial charge in [-0.15, -0.1) is 11.3 Å². The van der Waals surface area contributed by atoms with Crippen molar-refractivity contribution in [3.05, 3.63) is 81.5 Å². The number of nitrogens with one attached hydrogen (secondary N) is 3. The number of thiophene rings is 1. The van der Waals surface area contributed by atoms with Crippen molar-refractivity contribution < 1.29 is 18.0 Å². The summed E-state index contributed by atoms with van der Waals surface area (Å²) in [6.07, 6.45) is 0. The average Bonchev–Trinajstić information content (AvgIpc) is 3.23. The fraction of sp³-hybridized carbons (Fsp3) is 0.100. The number of aryl methyl sites for hydroxylation is 2. The molecule has 0 atom stereocenters. The van der Waals surface area contributed by atoms with Crippen LogP contribution in [0.4, 0.5) is 5.69 Å². The molecule has 2 aromatic carbocycles. The van der Waals surface area contributed by atoms with E-state index in [4.69, 9.17) is 0 Å². The summed E-state index contributed by atoms with van der Waals surface area (Å²) in [6.45, 7) is 3.55. The van der Waals surface area contributed by atoms with Gasteiger partial charge in [0.15, 0.2) is 0 Å². The largest absolute Gasteiger partial charge is 0.280 e. The molecular formula is C20H19N3O4S2. The molecule has 1 aromatic heterocycles. The molecule has 150 valence electrons. The van der Waals surface area contributed by atoms with Gasteiger partial charge in [-0.3, -0.25) is 25.2 Å². The maximum atomic E-state index is 12.6. The minimum absolute atomic E-state index is 0.204. The highest BCUT2D eigenvalue weighted by Crippen LogP contribution is 2.21. The first-order chi connectivity index (χ1) is 13.8. The van der Waals surface area contributed by atoms with E-state index < -0.39 is 21.8 Å². The van der Waals surface area contributed by atoms with Crippen LogP contribution in [0, 0.1) is 13.8 Å². The van der Waals surface area contributed by atoms with Gasteiger partial charge >= 0.3 is 0 Å². The lowest BCUT2D eigenvalue weighted by molar-refractivity contribution is 0.0849. The van der Waals surface area contributed by atoms with Crippen LogP contribution in [0.3, 0.4) is 0 Å². The maximum Gasteiger partial charge on any atom is 0.279 e. The van der Waals surface area contributed by atoms with Crippen molar-refractivity contribution >= 4 is 38.9 Å². The summed E-state index contributed by atoms with van der Waals surface area (Å²) in [5.74, 6) is -0.926. The molecule has 3 aromatic rings.